The van der Waals surface area contributed by atoms with Crippen LogP contribution in [0.25, 0.3) is 0 Å². The third-order valence-corrected chi connectivity index (χ3v) is 6.61. The third kappa shape index (κ3) is 4.90. The number of aryl methyl sites for hydroxylation is 1. The van der Waals surface area contributed by atoms with Gasteiger partial charge in [0.1, 0.15) is 11.9 Å². The van der Waals surface area contributed by atoms with Gasteiger partial charge in [-0.25, -0.2) is 14.8 Å². The number of hydrogen-bond donors (Lipinski definition) is 2. The summed E-state index contributed by atoms with van der Waals surface area (Å²) in [5.41, 5.74) is 7.36. The van der Waals surface area contributed by atoms with Crippen molar-refractivity contribution in [1.29, 1.82) is 0 Å². The first kappa shape index (κ1) is 25.2. The lowest BCUT2D eigenvalue weighted by Crippen LogP contribution is -2.70. The number of pyridine rings is 1. The Hall–Kier alpha value is -3.92. The maximum atomic E-state index is 13.6. The SMILES string of the molecule is CCC(NC(=O)N1C(=O)[C@H](Cc2ccnc(N)c2)[C@H]1C(=O)N(C)c1nccn1C)c1cccc(Cl)c1. The molecule has 36 heavy (non-hydrogen) atoms. The monoisotopic (exact) mass is 509 g/mol. The van der Waals surface area contributed by atoms with Gasteiger partial charge in [0.25, 0.3) is 5.91 Å². The van der Waals surface area contributed by atoms with Crippen LogP contribution in [0.5, 0.6) is 0 Å². The number of likely N-dealkylation sites (N-methyl/N-ethyl adjacent to an activating group) is 1. The second kappa shape index (κ2) is 10.4. The predicted octanol–water partition coefficient (Wildman–Crippen LogP) is 2.94. The van der Waals surface area contributed by atoms with Gasteiger partial charge >= 0.3 is 6.03 Å². The molecule has 0 bridgehead atoms. The number of carbonyl (C=O) groups excluding carboxylic acids is 3. The molecule has 10 nitrogen and oxygen atoms in total. The lowest BCUT2D eigenvalue weighted by molar-refractivity contribution is -0.156. The molecule has 1 unspecified atom stereocenters. The van der Waals surface area contributed by atoms with Crippen molar-refractivity contribution in [2.24, 2.45) is 13.0 Å². The summed E-state index contributed by atoms with van der Waals surface area (Å²) >= 11 is 6.13. The van der Waals surface area contributed by atoms with Gasteiger partial charge in [0.15, 0.2) is 0 Å². The van der Waals surface area contributed by atoms with Gasteiger partial charge in [0, 0.05) is 37.7 Å². The molecule has 1 aliphatic rings. The Morgan fingerprint density at radius 3 is 2.64 bits per heavy atom. The zero-order valence-electron chi connectivity index (χ0n) is 20.3. The number of aromatic nitrogens is 3. The van der Waals surface area contributed by atoms with Crippen molar-refractivity contribution < 1.29 is 14.4 Å². The number of amides is 4. The van der Waals surface area contributed by atoms with Crippen molar-refractivity contribution in [3.05, 3.63) is 71.1 Å². The van der Waals surface area contributed by atoms with Crippen molar-refractivity contribution in [1.82, 2.24) is 24.8 Å². The third-order valence-electron chi connectivity index (χ3n) is 6.37. The van der Waals surface area contributed by atoms with E-state index in [9.17, 15) is 14.4 Å². The molecule has 1 saturated heterocycles. The number of nitrogens with zero attached hydrogens (tertiary/aromatic N) is 5. The average molecular weight is 510 g/mol. The largest absolute Gasteiger partial charge is 0.384 e. The molecular formula is C25H28ClN7O3. The smallest absolute Gasteiger partial charge is 0.325 e. The Morgan fingerprint density at radius 2 is 2.00 bits per heavy atom. The highest BCUT2D eigenvalue weighted by molar-refractivity contribution is 6.30. The van der Waals surface area contributed by atoms with E-state index in [4.69, 9.17) is 17.3 Å². The van der Waals surface area contributed by atoms with Gasteiger partial charge in [0.2, 0.25) is 11.9 Å². The number of imidazole rings is 1. The number of hydrogen-bond acceptors (Lipinski definition) is 6. The quantitative estimate of drug-likeness (QED) is 0.471. The maximum Gasteiger partial charge on any atom is 0.325 e. The molecular weight excluding hydrogens is 482 g/mol. The molecule has 0 radical (unpaired) electrons. The molecule has 3 N–H and O–H groups in total. The Balaban J connectivity index is 1.61. The van der Waals surface area contributed by atoms with Crippen LogP contribution in [0.2, 0.25) is 5.02 Å². The van der Waals surface area contributed by atoms with Crippen LogP contribution in [0.3, 0.4) is 0 Å². The fourth-order valence-corrected chi connectivity index (χ4v) is 4.67. The van der Waals surface area contributed by atoms with E-state index in [0.717, 1.165) is 16.0 Å². The van der Waals surface area contributed by atoms with Crippen molar-refractivity contribution in [2.45, 2.75) is 31.8 Å². The van der Waals surface area contributed by atoms with E-state index >= 15 is 0 Å². The second-order valence-electron chi connectivity index (χ2n) is 8.75. The number of benzene rings is 1. The number of nitrogen functional groups attached to an aromatic ring is 1. The summed E-state index contributed by atoms with van der Waals surface area (Å²) in [6.07, 6.45) is 5.64. The minimum atomic E-state index is -1.01. The number of likely N-dealkylation sites (tertiary alicyclic amines) is 1. The fraction of sp³-hybridized carbons (Fsp3) is 0.320. The molecule has 4 rings (SSSR count). The number of nitrogens with one attached hydrogen (secondary N) is 1. The van der Waals surface area contributed by atoms with Crippen molar-refractivity contribution in [3.63, 3.8) is 0 Å². The first-order valence-corrected chi connectivity index (χ1v) is 11.9. The minimum Gasteiger partial charge on any atom is -0.384 e. The lowest BCUT2D eigenvalue weighted by Gasteiger charge is -2.45. The van der Waals surface area contributed by atoms with Crippen LogP contribution in [-0.4, -0.2) is 50.4 Å². The van der Waals surface area contributed by atoms with E-state index in [1.807, 2.05) is 13.0 Å². The molecule has 4 amide bonds. The Kier molecular flexibility index (Phi) is 7.25. The molecule has 1 aromatic carbocycles. The van der Waals surface area contributed by atoms with Gasteiger partial charge in [-0.2, -0.15) is 0 Å². The first-order chi connectivity index (χ1) is 17.2. The van der Waals surface area contributed by atoms with E-state index in [2.05, 4.69) is 15.3 Å². The summed E-state index contributed by atoms with van der Waals surface area (Å²) in [6.45, 7) is 1.91. The minimum absolute atomic E-state index is 0.242. The predicted molar refractivity (Wildman–Crippen MR) is 136 cm³/mol. The molecule has 3 aromatic rings. The number of carbonyl (C=O) groups is 3. The fourth-order valence-electron chi connectivity index (χ4n) is 4.47. The highest BCUT2D eigenvalue weighted by atomic mass is 35.5. The molecule has 3 heterocycles. The molecule has 0 saturated carbocycles. The molecule has 3 atom stereocenters. The number of nitrogens with two attached hydrogens (primary N) is 1. The number of imide groups is 1. The highest BCUT2D eigenvalue weighted by Crippen LogP contribution is 2.33. The van der Waals surface area contributed by atoms with Crippen LogP contribution < -0.4 is 16.0 Å². The molecule has 11 heteroatoms. The van der Waals surface area contributed by atoms with Gasteiger partial charge in [-0.05, 0) is 48.2 Å². The first-order valence-electron chi connectivity index (χ1n) is 11.6. The topological polar surface area (TPSA) is 126 Å². The van der Waals surface area contributed by atoms with Crippen LogP contribution in [0.1, 0.15) is 30.5 Å². The Labute approximate surface area is 214 Å². The van der Waals surface area contributed by atoms with E-state index < -0.39 is 29.8 Å². The van der Waals surface area contributed by atoms with Crippen molar-refractivity contribution in [2.75, 3.05) is 17.7 Å². The normalized spacial score (nSPS) is 17.9. The van der Waals surface area contributed by atoms with Gasteiger partial charge in [-0.15, -0.1) is 0 Å². The summed E-state index contributed by atoms with van der Waals surface area (Å²) in [5.74, 6) is -0.873. The average Bonchev–Trinajstić information content (AvgIpc) is 3.28. The summed E-state index contributed by atoms with van der Waals surface area (Å²) in [6, 6.07) is 8.53. The highest BCUT2D eigenvalue weighted by Gasteiger charge is 2.55. The van der Waals surface area contributed by atoms with E-state index in [0.29, 0.717) is 23.2 Å². The molecule has 2 aromatic heterocycles. The van der Waals surface area contributed by atoms with Crippen molar-refractivity contribution >= 4 is 41.2 Å². The number of rotatable bonds is 7. The second-order valence-corrected chi connectivity index (χ2v) is 9.19. The summed E-state index contributed by atoms with van der Waals surface area (Å²) < 4.78 is 1.69. The van der Waals surface area contributed by atoms with Crippen LogP contribution in [-0.2, 0) is 23.1 Å². The van der Waals surface area contributed by atoms with Crippen LogP contribution in [0.15, 0.2) is 55.0 Å². The molecule has 188 valence electrons. The summed E-state index contributed by atoms with van der Waals surface area (Å²) in [4.78, 5) is 50.8. The number of β-lactam (4-membered cyclic amide) rings is 1. The van der Waals surface area contributed by atoms with Crippen LogP contribution >= 0.6 is 11.6 Å². The Bertz CT molecular complexity index is 1290. The zero-order valence-corrected chi connectivity index (χ0v) is 21.0. The standard InChI is InChI=1S/C25H28ClN7O3/c1-4-19(16-6-5-7-17(26)14-16)30-25(36)33-21(23(35)32(3)24-29-10-11-31(24)2)18(22(33)34)12-15-8-9-28-20(27)13-15/h5-11,13-14,18-19,21H,4,12H2,1-3H3,(H2,27,28)(H,30,36)/t18-,19?,21+/m1/s1. The van der Waals surface area contributed by atoms with Crippen molar-refractivity contribution in [3.8, 4) is 0 Å². The summed E-state index contributed by atoms with van der Waals surface area (Å²) in [7, 11) is 3.34. The number of anilines is 2. The van der Waals surface area contributed by atoms with Gasteiger partial charge in [0.05, 0.1) is 12.0 Å². The maximum absolute atomic E-state index is 13.6. The van der Waals surface area contributed by atoms with E-state index in [1.54, 1.807) is 67.6 Å². The molecule has 1 fully saturated rings. The number of urea groups is 1. The molecule has 1 aliphatic heterocycles. The number of halogens is 1. The van der Waals surface area contributed by atoms with E-state index in [-0.39, 0.29) is 12.5 Å². The summed E-state index contributed by atoms with van der Waals surface area (Å²) in [5, 5.41) is 3.44. The molecule has 0 aliphatic carbocycles. The van der Waals surface area contributed by atoms with Gasteiger partial charge in [-0.3, -0.25) is 19.4 Å². The van der Waals surface area contributed by atoms with Gasteiger partial charge in [-0.1, -0.05) is 30.7 Å². The molecule has 0 spiro atoms. The van der Waals surface area contributed by atoms with Gasteiger partial charge < -0.3 is 15.6 Å². The lowest BCUT2D eigenvalue weighted by atomic mass is 9.81. The van der Waals surface area contributed by atoms with E-state index in [1.165, 1.54) is 4.90 Å². The van der Waals surface area contributed by atoms with Crippen LogP contribution in [0.4, 0.5) is 16.6 Å². The zero-order chi connectivity index (χ0) is 26.0. The van der Waals surface area contributed by atoms with Crippen LogP contribution in [0, 0.1) is 5.92 Å². The Morgan fingerprint density at radius 1 is 1.22 bits per heavy atom.